The summed E-state index contributed by atoms with van der Waals surface area (Å²) in [6.45, 7) is 3.47. The number of nitrogen functional groups attached to an aromatic ring is 1. The number of nitrogens with zero attached hydrogens (tertiary/aromatic N) is 2. The second-order valence-corrected chi connectivity index (χ2v) is 6.19. The van der Waals surface area contributed by atoms with Crippen LogP contribution in [0.2, 0.25) is 0 Å². The van der Waals surface area contributed by atoms with Crippen LogP contribution in [0.1, 0.15) is 20.3 Å². The van der Waals surface area contributed by atoms with Crippen molar-refractivity contribution in [2.24, 2.45) is 0 Å². The summed E-state index contributed by atoms with van der Waals surface area (Å²) in [5, 5.41) is 8.57. The van der Waals surface area contributed by atoms with Crippen LogP contribution in [0.5, 0.6) is 0 Å². The Morgan fingerprint density at radius 2 is 2.11 bits per heavy atom. The average Bonchev–Trinajstić information content (AvgIpc) is 2.32. The first-order valence-electron chi connectivity index (χ1n) is 5.74. The third-order valence-electron chi connectivity index (χ3n) is 2.60. The molecule has 0 saturated carbocycles. The first-order chi connectivity index (χ1) is 8.80. The lowest BCUT2D eigenvalue weighted by molar-refractivity contribution is 0.360. The number of hydrogen-bond acceptors (Lipinski definition) is 4. The molecule has 7 heteroatoms. The second-order valence-electron chi connectivity index (χ2n) is 4.30. The predicted molar refractivity (Wildman–Crippen MR) is 70.1 cm³/mol. The largest absolute Gasteiger partial charge is 0.396 e. The van der Waals surface area contributed by atoms with E-state index in [1.165, 1.54) is 16.4 Å². The summed E-state index contributed by atoms with van der Waals surface area (Å²) >= 11 is 0. The molecule has 0 unspecified atom stereocenters. The highest BCUT2D eigenvalue weighted by molar-refractivity contribution is 7.89. The minimum atomic E-state index is -3.83. The minimum absolute atomic E-state index is 0.0719. The van der Waals surface area contributed by atoms with E-state index in [1.807, 2.05) is 6.07 Å². The summed E-state index contributed by atoms with van der Waals surface area (Å²) in [6, 6.07) is 4.94. The lowest BCUT2D eigenvalue weighted by Crippen LogP contribution is -2.37. The number of benzene rings is 1. The lowest BCUT2D eigenvalue weighted by Gasteiger charge is -2.25. The van der Waals surface area contributed by atoms with E-state index in [2.05, 4.69) is 0 Å². The Kier molecular flexibility index (Phi) is 4.86. The van der Waals surface area contributed by atoms with Gasteiger partial charge < -0.3 is 5.73 Å². The Labute approximate surface area is 112 Å². The SMILES string of the molecule is CC(C)N(CCC#N)S(=O)(=O)c1ccc(N)c(F)c1. The van der Waals surface area contributed by atoms with Gasteiger partial charge in [0.25, 0.3) is 0 Å². The molecule has 0 radical (unpaired) electrons. The van der Waals surface area contributed by atoms with Gasteiger partial charge in [-0.1, -0.05) is 0 Å². The summed E-state index contributed by atoms with van der Waals surface area (Å²) in [6.07, 6.45) is 0.0782. The molecule has 0 saturated heterocycles. The minimum Gasteiger partial charge on any atom is -0.396 e. The van der Waals surface area contributed by atoms with Crippen LogP contribution in [0.4, 0.5) is 10.1 Å². The molecular formula is C12H16FN3O2S. The van der Waals surface area contributed by atoms with Crippen molar-refractivity contribution in [2.75, 3.05) is 12.3 Å². The average molecular weight is 285 g/mol. The first kappa shape index (κ1) is 15.4. The molecule has 0 aliphatic carbocycles. The number of hydrogen-bond donors (Lipinski definition) is 1. The lowest BCUT2D eigenvalue weighted by atomic mass is 10.3. The number of anilines is 1. The fourth-order valence-corrected chi connectivity index (χ4v) is 3.27. The van der Waals surface area contributed by atoms with Gasteiger partial charge in [-0.3, -0.25) is 0 Å². The third-order valence-corrected chi connectivity index (χ3v) is 4.67. The maximum atomic E-state index is 13.4. The third kappa shape index (κ3) is 3.43. The van der Waals surface area contributed by atoms with Gasteiger partial charge in [-0.15, -0.1) is 0 Å². The monoisotopic (exact) mass is 285 g/mol. The Morgan fingerprint density at radius 1 is 1.47 bits per heavy atom. The molecule has 0 bridgehead atoms. The van der Waals surface area contributed by atoms with Gasteiger partial charge in [0.15, 0.2) is 0 Å². The van der Waals surface area contributed by atoms with Gasteiger partial charge in [0.2, 0.25) is 10.0 Å². The van der Waals surface area contributed by atoms with Crippen LogP contribution in [0.15, 0.2) is 23.1 Å². The molecule has 0 heterocycles. The van der Waals surface area contributed by atoms with Crippen LogP contribution in [0.25, 0.3) is 0 Å². The second kappa shape index (κ2) is 5.99. The number of nitrogens with two attached hydrogens (primary N) is 1. The highest BCUT2D eigenvalue weighted by Gasteiger charge is 2.27. The first-order valence-corrected chi connectivity index (χ1v) is 7.18. The summed E-state index contributed by atoms with van der Waals surface area (Å²) < 4.78 is 39.2. The molecule has 0 aliphatic rings. The molecule has 1 rings (SSSR count). The van der Waals surface area contributed by atoms with E-state index >= 15 is 0 Å². The van der Waals surface area contributed by atoms with Crippen molar-refractivity contribution in [3.8, 4) is 6.07 Å². The quantitative estimate of drug-likeness (QED) is 0.834. The van der Waals surface area contributed by atoms with E-state index < -0.39 is 15.8 Å². The van der Waals surface area contributed by atoms with E-state index in [4.69, 9.17) is 11.0 Å². The molecule has 0 atom stereocenters. The maximum absolute atomic E-state index is 13.4. The van der Waals surface area contributed by atoms with Crippen LogP contribution in [-0.2, 0) is 10.0 Å². The van der Waals surface area contributed by atoms with Crippen molar-refractivity contribution in [2.45, 2.75) is 31.2 Å². The van der Waals surface area contributed by atoms with Crippen LogP contribution in [-0.4, -0.2) is 25.3 Å². The molecule has 0 aromatic heterocycles. The molecule has 5 nitrogen and oxygen atoms in total. The van der Waals surface area contributed by atoms with Crippen molar-refractivity contribution in [1.82, 2.24) is 4.31 Å². The zero-order valence-electron chi connectivity index (χ0n) is 10.8. The highest BCUT2D eigenvalue weighted by Crippen LogP contribution is 2.21. The molecule has 0 fully saturated rings. The van der Waals surface area contributed by atoms with Crippen LogP contribution in [0, 0.1) is 17.1 Å². The number of sulfonamides is 1. The molecule has 19 heavy (non-hydrogen) atoms. The van der Waals surface area contributed by atoms with Crippen molar-refractivity contribution < 1.29 is 12.8 Å². The molecule has 0 amide bonds. The summed E-state index contributed by atoms with van der Waals surface area (Å²) in [5.41, 5.74) is 5.22. The molecule has 0 aliphatic heterocycles. The van der Waals surface area contributed by atoms with Crippen molar-refractivity contribution in [1.29, 1.82) is 5.26 Å². The smallest absolute Gasteiger partial charge is 0.243 e. The standard InChI is InChI=1S/C12H16FN3O2S/c1-9(2)16(7-3-6-14)19(17,18)10-4-5-12(15)11(13)8-10/h4-5,8-9H,3,7,15H2,1-2H3. The van der Waals surface area contributed by atoms with Crippen LogP contribution < -0.4 is 5.73 Å². The van der Waals surface area contributed by atoms with Crippen molar-refractivity contribution >= 4 is 15.7 Å². The zero-order chi connectivity index (χ0) is 14.6. The van der Waals surface area contributed by atoms with E-state index in [-0.39, 0.29) is 29.6 Å². The maximum Gasteiger partial charge on any atom is 0.243 e. The summed E-state index contributed by atoms with van der Waals surface area (Å²) in [7, 11) is -3.83. The highest BCUT2D eigenvalue weighted by atomic mass is 32.2. The Morgan fingerprint density at radius 3 is 2.58 bits per heavy atom. The van der Waals surface area contributed by atoms with E-state index in [0.717, 1.165) is 6.07 Å². The van der Waals surface area contributed by atoms with Crippen molar-refractivity contribution in [3.05, 3.63) is 24.0 Å². The van der Waals surface area contributed by atoms with Gasteiger partial charge in [0.05, 0.1) is 16.7 Å². The van der Waals surface area contributed by atoms with Gasteiger partial charge in [-0.05, 0) is 32.0 Å². The topological polar surface area (TPSA) is 87.2 Å². The van der Waals surface area contributed by atoms with Crippen molar-refractivity contribution in [3.63, 3.8) is 0 Å². The summed E-state index contributed by atoms with van der Waals surface area (Å²) in [5.74, 6) is -0.773. The van der Waals surface area contributed by atoms with E-state index in [0.29, 0.717) is 0 Å². The van der Waals surface area contributed by atoms with Gasteiger partial charge >= 0.3 is 0 Å². The van der Waals surface area contributed by atoms with Gasteiger partial charge in [-0.2, -0.15) is 9.57 Å². The van der Waals surface area contributed by atoms with E-state index in [9.17, 15) is 12.8 Å². The van der Waals surface area contributed by atoms with E-state index in [1.54, 1.807) is 13.8 Å². The van der Waals surface area contributed by atoms with Crippen LogP contribution in [0.3, 0.4) is 0 Å². The van der Waals surface area contributed by atoms with Gasteiger partial charge in [0, 0.05) is 19.0 Å². The molecule has 1 aromatic rings. The van der Waals surface area contributed by atoms with Gasteiger partial charge in [-0.25, -0.2) is 12.8 Å². The summed E-state index contributed by atoms with van der Waals surface area (Å²) in [4.78, 5) is -0.161. The molecule has 0 spiro atoms. The van der Waals surface area contributed by atoms with Crippen LogP contribution >= 0.6 is 0 Å². The molecule has 1 aromatic carbocycles. The Hall–Kier alpha value is -1.65. The van der Waals surface area contributed by atoms with Gasteiger partial charge in [0.1, 0.15) is 5.82 Å². The number of nitriles is 1. The normalized spacial score (nSPS) is 11.8. The predicted octanol–water partition coefficient (Wildman–Crippen LogP) is 1.72. The Bertz CT molecular complexity index is 593. The molecule has 104 valence electrons. The Balaban J connectivity index is 3.19. The number of rotatable bonds is 5. The molecule has 2 N–H and O–H groups in total. The zero-order valence-corrected chi connectivity index (χ0v) is 11.6. The fourth-order valence-electron chi connectivity index (χ4n) is 1.62. The number of halogens is 1. The molecular weight excluding hydrogens is 269 g/mol. The fraction of sp³-hybridized carbons (Fsp3) is 0.417.